The molecule has 0 saturated heterocycles. The summed E-state index contributed by atoms with van der Waals surface area (Å²) < 4.78 is 22.2. The molecule has 39 heavy (non-hydrogen) atoms. The van der Waals surface area contributed by atoms with Gasteiger partial charge in [-0.25, -0.2) is 14.1 Å². The van der Waals surface area contributed by atoms with Gasteiger partial charge >= 0.3 is 5.97 Å². The highest BCUT2D eigenvalue weighted by molar-refractivity contribution is 14.1. The standard InChI is InChI=1S/C27H32FIN6O4/c1-14(2)32-24-21(28)22(29)18-11-31-35(25(18)33-24)12-15-6-7-17-16(10-15)13-34(26(17)38)19(23(30)37)8-9-20(36)39-27(3,4)5/h6-7,10-11,14,19H,8-9,12-13H2,1-5H3,(H2,30,37)(H,32,33)/t19-/m0/s1. The number of esters is 1. The van der Waals surface area contributed by atoms with E-state index in [2.05, 4.69) is 15.4 Å². The van der Waals surface area contributed by atoms with Crippen molar-refractivity contribution in [2.24, 2.45) is 5.73 Å². The number of primary amides is 1. The Morgan fingerprint density at radius 3 is 2.64 bits per heavy atom. The first-order valence-corrected chi connectivity index (χ1v) is 13.7. The van der Waals surface area contributed by atoms with Crippen LogP contribution in [0.2, 0.25) is 0 Å². The van der Waals surface area contributed by atoms with E-state index in [1.54, 1.807) is 37.7 Å². The van der Waals surface area contributed by atoms with Crippen LogP contribution in [-0.4, -0.2) is 55.1 Å². The Bertz CT molecular complexity index is 1450. The Morgan fingerprint density at radius 1 is 1.28 bits per heavy atom. The van der Waals surface area contributed by atoms with Gasteiger partial charge in [-0.05, 0) is 80.8 Å². The van der Waals surface area contributed by atoms with Gasteiger partial charge in [-0.15, -0.1) is 0 Å². The van der Waals surface area contributed by atoms with Crippen LogP contribution in [0.25, 0.3) is 11.0 Å². The molecule has 0 fully saturated rings. The lowest BCUT2D eigenvalue weighted by molar-refractivity contribution is -0.155. The molecule has 0 bridgehead atoms. The Hall–Kier alpha value is -3.29. The molecule has 10 nitrogen and oxygen atoms in total. The fourth-order valence-corrected chi connectivity index (χ4v) is 5.17. The van der Waals surface area contributed by atoms with Crippen LogP contribution in [0, 0.1) is 9.39 Å². The molecule has 12 heteroatoms. The maximum atomic E-state index is 14.8. The first-order chi connectivity index (χ1) is 18.2. The van der Waals surface area contributed by atoms with Gasteiger partial charge in [-0.2, -0.15) is 5.10 Å². The summed E-state index contributed by atoms with van der Waals surface area (Å²) in [5.74, 6) is -1.70. The Labute approximate surface area is 239 Å². The van der Waals surface area contributed by atoms with Crippen molar-refractivity contribution in [3.05, 3.63) is 50.5 Å². The number of nitrogens with two attached hydrogens (primary N) is 1. The van der Waals surface area contributed by atoms with Gasteiger partial charge in [0, 0.05) is 24.6 Å². The fourth-order valence-electron chi connectivity index (χ4n) is 4.53. The number of ether oxygens (including phenoxy) is 1. The summed E-state index contributed by atoms with van der Waals surface area (Å²) in [5, 5.41) is 8.07. The fraction of sp³-hybridized carbons (Fsp3) is 0.444. The summed E-state index contributed by atoms with van der Waals surface area (Å²) >= 11 is 1.96. The van der Waals surface area contributed by atoms with Gasteiger partial charge in [0.15, 0.2) is 17.3 Å². The van der Waals surface area contributed by atoms with Crippen LogP contribution in [0.15, 0.2) is 24.4 Å². The molecule has 0 radical (unpaired) electrons. The summed E-state index contributed by atoms with van der Waals surface area (Å²) in [6.45, 7) is 9.63. The van der Waals surface area contributed by atoms with Crippen LogP contribution < -0.4 is 11.1 Å². The van der Waals surface area contributed by atoms with Crippen molar-refractivity contribution in [2.75, 3.05) is 5.32 Å². The number of fused-ring (bicyclic) bond motifs is 2. The largest absolute Gasteiger partial charge is 0.460 e. The first-order valence-electron chi connectivity index (χ1n) is 12.7. The molecular weight excluding hydrogens is 618 g/mol. The van der Waals surface area contributed by atoms with E-state index in [1.807, 2.05) is 48.6 Å². The number of pyridine rings is 1. The second-order valence-electron chi connectivity index (χ2n) is 10.9. The maximum Gasteiger partial charge on any atom is 0.306 e. The molecule has 208 valence electrons. The Balaban J connectivity index is 1.54. The van der Waals surface area contributed by atoms with Crippen molar-refractivity contribution >= 4 is 57.2 Å². The minimum absolute atomic E-state index is 0.00202. The van der Waals surface area contributed by atoms with Gasteiger partial charge in [0.05, 0.1) is 21.7 Å². The normalized spacial score (nSPS) is 14.2. The van der Waals surface area contributed by atoms with Crippen LogP contribution >= 0.6 is 22.6 Å². The number of hydrogen-bond acceptors (Lipinski definition) is 7. The highest BCUT2D eigenvalue weighted by atomic mass is 127. The molecule has 3 N–H and O–H groups in total. The molecular formula is C27H32FIN6O4. The van der Waals surface area contributed by atoms with Gasteiger partial charge in [-0.1, -0.05) is 12.1 Å². The molecule has 0 unspecified atom stereocenters. The lowest BCUT2D eigenvalue weighted by Crippen LogP contribution is -2.45. The van der Waals surface area contributed by atoms with Gasteiger partial charge < -0.3 is 20.7 Å². The molecule has 1 aromatic carbocycles. The van der Waals surface area contributed by atoms with Crippen molar-refractivity contribution < 1.29 is 23.5 Å². The SMILES string of the molecule is CC(C)Nc1nc2c(cnn2Cc2ccc3c(c2)CN([C@@H](CCC(=O)OC(C)(C)C)C(N)=O)C3=O)c(I)c1F. The number of carbonyl (C=O) groups excluding carboxylic acids is 3. The average molecular weight is 650 g/mol. The summed E-state index contributed by atoms with van der Waals surface area (Å²) in [5.41, 5.74) is 7.60. The molecule has 1 atom stereocenters. The molecule has 0 aliphatic carbocycles. The van der Waals surface area contributed by atoms with Gasteiger partial charge in [0.1, 0.15) is 11.6 Å². The van der Waals surface area contributed by atoms with E-state index in [-0.39, 0.29) is 37.2 Å². The quantitative estimate of drug-likeness (QED) is 0.265. The number of amides is 2. The summed E-state index contributed by atoms with van der Waals surface area (Å²) in [7, 11) is 0. The first kappa shape index (κ1) is 28.7. The van der Waals surface area contributed by atoms with Gasteiger partial charge in [0.25, 0.3) is 5.91 Å². The molecule has 0 saturated carbocycles. The van der Waals surface area contributed by atoms with E-state index in [0.29, 0.717) is 26.7 Å². The third-order valence-corrected chi connectivity index (χ3v) is 7.23. The number of rotatable bonds is 9. The number of hydrogen-bond donors (Lipinski definition) is 2. The second kappa shape index (κ2) is 11.1. The molecule has 3 aromatic rings. The van der Waals surface area contributed by atoms with Crippen molar-refractivity contribution in [3.8, 4) is 0 Å². The van der Waals surface area contributed by atoms with E-state index in [9.17, 15) is 18.8 Å². The predicted octanol–water partition coefficient (Wildman–Crippen LogP) is 3.98. The minimum atomic E-state index is -0.941. The zero-order chi connectivity index (χ0) is 28.6. The van der Waals surface area contributed by atoms with E-state index in [0.717, 1.165) is 11.1 Å². The molecule has 2 aromatic heterocycles. The molecule has 1 aliphatic heterocycles. The monoisotopic (exact) mass is 650 g/mol. The number of carbonyl (C=O) groups is 3. The highest BCUT2D eigenvalue weighted by Crippen LogP contribution is 2.30. The van der Waals surface area contributed by atoms with Crippen molar-refractivity contribution in [2.45, 2.75) is 78.2 Å². The molecule has 3 heterocycles. The predicted molar refractivity (Wildman–Crippen MR) is 152 cm³/mol. The smallest absolute Gasteiger partial charge is 0.306 e. The van der Waals surface area contributed by atoms with Crippen LogP contribution in [0.1, 0.15) is 68.9 Å². The highest BCUT2D eigenvalue weighted by Gasteiger charge is 2.36. The molecule has 4 rings (SSSR count). The molecule has 1 aliphatic rings. The van der Waals surface area contributed by atoms with Crippen LogP contribution in [-0.2, 0) is 27.4 Å². The summed E-state index contributed by atoms with van der Waals surface area (Å²) in [6, 6.07) is 4.48. The van der Waals surface area contributed by atoms with Gasteiger partial charge in [-0.3, -0.25) is 14.4 Å². The zero-order valence-corrected chi connectivity index (χ0v) is 24.7. The van der Waals surface area contributed by atoms with E-state index < -0.39 is 29.3 Å². The number of aromatic nitrogens is 3. The van der Waals surface area contributed by atoms with Crippen molar-refractivity contribution in [1.82, 2.24) is 19.7 Å². The van der Waals surface area contributed by atoms with Crippen molar-refractivity contribution in [3.63, 3.8) is 0 Å². The van der Waals surface area contributed by atoms with Crippen LogP contribution in [0.3, 0.4) is 0 Å². The topological polar surface area (TPSA) is 132 Å². The minimum Gasteiger partial charge on any atom is -0.460 e. The number of nitrogens with one attached hydrogen (secondary N) is 1. The average Bonchev–Trinajstić information content (AvgIpc) is 3.36. The van der Waals surface area contributed by atoms with E-state index in [4.69, 9.17) is 10.5 Å². The number of halogens is 2. The van der Waals surface area contributed by atoms with E-state index >= 15 is 0 Å². The third kappa shape index (κ3) is 6.31. The third-order valence-electron chi connectivity index (χ3n) is 6.17. The zero-order valence-electron chi connectivity index (χ0n) is 22.5. The second-order valence-corrected chi connectivity index (χ2v) is 12.0. The van der Waals surface area contributed by atoms with E-state index in [1.165, 1.54) is 4.90 Å². The number of benzene rings is 1. The Kier molecular flexibility index (Phi) is 8.14. The number of anilines is 1. The van der Waals surface area contributed by atoms with Crippen molar-refractivity contribution in [1.29, 1.82) is 0 Å². The Morgan fingerprint density at radius 2 is 2.00 bits per heavy atom. The van der Waals surface area contributed by atoms with Crippen LogP contribution in [0.4, 0.5) is 10.2 Å². The summed E-state index contributed by atoms with van der Waals surface area (Å²) in [6.07, 6.45) is 1.62. The lowest BCUT2D eigenvalue weighted by Gasteiger charge is -2.25. The lowest BCUT2D eigenvalue weighted by atomic mass is 10.1. The molecule has 0 spiro atoms. The summed E-state index contributed by atoms with van der Waals surface area (Å²) in [4.78, 5) is 43.5. The van der Waals surface area contributed by atoms with Crippen LogP contribution in [0.5, 0.6) is 0 Å². The van der Waals surface area contributed by atoms with Gasteiger partial charge in [0.2, 0.25) is 5.91 Å². The molecule has 2 amide bonds. The maximum absolute atomic E-state index is 14.8. The number of nitrogens with zero attached hydrogens (tertiary/aromatic N) is 4.